The van der Waals surface area contributed by atoms with Crippen LogP contribution in [0, 0.1) is 10.5 Å². The smallest absolute Gasteiger partial charge is 0.308 e. The second-order valence-corrected chi connectivity index (χ2v) is 6.84. The summed E-state index contributed by atoms with van der Waals surface area (Å²) in [5.74, 6) is 1.67. The van der Waals surface area contributed by atoms with Crippen LogP contribution in [0.1, 0.15) is 36.1 Å². The average molecular weight is 438 g/mol. The molecule has 0 radical (unpaired) electrons. The molecule has 0 aromatic heterocycles. The highest BCUT2D eigenvalue weighted by molar-refractivity contribution is 14.1. The van der Waals surface area contributed by atoms with Crippen LogP contribution in [0.25, 0.3) is 0 Å². The first-order valence-corrected chi connectivity index (χ1v) is 8.89. The predicted octanol–water partition coefficient (Wildman–Crippen LogP) is 4.60. The summed E-state index contributed by atoms with van der Waals surface area (Å²) in [7, 11) is 1.64. The van der Waals surface area contributed by atoms with Crippen LogP contribution in [0.5, 0.6) is 17.2 Å². The second-order valence-electron chi connectivity index (χ2n) is 5.76. The predicted molar refractivity (Wildman–Crippen MR) is 99.9 cm³/mol. The highest BCUT2D eigenvalue weighted by Gasteiger charge is 2.30. The third kappa shape index (κ3) is 3.09. The molecule has 1 heterocycles. The summed E-state index contributed by atoms with van der Waals surface area (Å²) in [5, 5.41) is 0. The van der Waals surface area contributed by atoms with Gasteiger partial charge in [0.2, 0.25) is 0 Å². The molecule has 3 rings (SSSR count). The summed E-state index contributed by atoms with van der Waals surface area (Å²) in [6.07, 6.45) is 1.73. The third-order valence-corrected chi connectivity index (χ3v) is 5.15. The van der Waals surface area contributed by atoms with E-state index in [1.54, 1.807) is 7.11 Å². The van der Waals surface area contributed by atoms with Crippen LogP contribution in [-0.4, -0.2) is 13.1 Å². The van der Waals surface area contributed by atoms with Crippen molar-refractivity contribution in [1.29, 1.82) is 0 Å². The number of fused-ring (bicyclic) bond motifs is 1. The molecule has 0 aliphatic carbocycles. The maximum Gasteiger partial charge on any atom is 0.308 e. The van der Waals surface area contributed by atoms with Gasteiger partial charge in [0.1, 0.15) is 17.6 Å². The van der Waals surface area contributed by atoms with E-state index in [0.717, 1.165) is 44.6 Å². The van der Waals surface area contributed by atoms with E-state index in [1.807, 2.05) is 25.1 Å². The highest BCUT2D eigenvalue weighted by atomic mass is 127. The Morgan fingerprint density at radius 3 is 2.58 bits per heavy atom. The van der Waals surface area contributed by atoms with Crippen molar-refractivity contribution in [2.45, 2.75) is 32.8 Å². The average Bonchev–Trinajstić information content (AvgIpc) is 2.59. The summed E-state index contributed by atoms with van der Waals surface area (Å²) in [6.45, 7) is 3.30. The van der Waals surface area contributed by atoms with Gasteiger partial charge in [-0.1, -0.05) is 30.3 Å². The number of methoxy groups -OCH3 is 1. The monoisotopic (exact) mass is 438 g/mol. The number of benzene rings is 2. The minimum atomic E-state index is -0.353. The van der Waals surface area contributed by atoms with E-state index >= 15 is 0 Å². The zero-order valence-electron chi connectivity index (χ0n) is 13.9. The van der Waals surface area contributed by atoms with E-state index in [2.05, 4.69) is 34.7 Å². The van der Waals surface area contributed by atoms with Crippen molar-refractivity contribution in [2.24, 2.45) is 0 Å². The third-order valence-electron chi connectivity index (χ3n) is 4.17. The number of hydrogen-bond donors (Lipinski definition) is 0. The Bertz CT molecular complexity index is 771. The van der Waals surface area contributed by atoms with Crippen molar-refractivity contribution in [1.82, 2.24) is 0 Å². The van der Waals surface area contributed by atoms with Crippen LogP contribution in [0.3, 0.4) is 0 Å². The molecule has 24 heavy (non-hydrogen) atoms. The zero-order valence-corrected chi connectivity index (χ0v) is 16.0. The lowest BCUT2D eigenvalue weighted by Gasteiger charge is -2.30. The molecule has 1 atom stereocenters. The number of halogens is 1. The molecule has 0 unspecified atom stereocenters. The SMILES string of the molecule is COc1c(C)c(OC(C)=O)c(I)c2c1CC[C@@H](c1ccccc1)O2. The molecular weight excluding hydrogens is 419 g/mol. The summed E-state index contributed by atoms with van der Waals surface area (Å²) in [5.41, 5.74) is 3.02. The molecule has 1 aliphatic heterocycles. The van der Waals surface area contributed by atoms with Gasteiger partial charge in [0, 0.05) is 18.1 Å². The first-order chi connectivity index (χ1) is 11.5. The van der Waals surface area contributed by atoms with Crippen molar-refractivity contribution in [3.8, 4) is 17.2 Å². The van der Waals surface area contributed by atoms with E-state index < -0.39 is 0 Å². The molecule has 0 saturated carbocycles. The number of carbonyl (C=O) groups is 1. The molecular formula is C19H19IO4. The fraction of sp³-hybridized carbons (Fsp3) is 0.316. The number of rotatable bonds is 3. The lowest BCUT2D eigenvalue weighted by molar-refractivity contribution is -0.132. The molecule has 2 aromatic rings. The fourth-order valence-corrected chi connectivity index (χ4v) is 4.07. The Morgan fingerprint density at radius 2 is 1.96 bits per heavy atom. The summed E-state index contributed by atoms with van der Waals surface area (Å²) in [4.78, 5) is 11.5. The second kappa shape index (κ2) is 7.01. The van der Waals surface area contributed by atoms with Gasteiger partial charge in [0.25, 0.3) is 0 Å². The van der Waals surface area contributed by atoms with Gasteiger partial charge in [0.05, 0.1) is 10.7 Å². The lowest BCUT2D eigenvalue weighted by Crippen LogP contribution is -2.18. The normalized spacial score (nSPS) is 16.1. The van der Waals surface area contributed by atoms with Crippen molar-refractivity contribution in [2.75, 3.05) is 7.11 Å². The molecule has 5 heteroatoms. The summed E-state index contributed by atoms with van der Waals surface area (Å²) >= 11 is 2.19. The molecule has 2 aromatic carbocycles. The largest absolute Gasteiger partial charge is 0.496 e. The molecule has 1 aliphatic rings. The van der Waals surface area contributed by atoms with E-state index in [-0.39, 0.29) is 12.1 Å². The van der Waals surface area contributed by atoms with Crippen LogP contribution in [0.2, 0.25) is 0 Å². The van der Waals surface area contributed by atoms with Crippen LogP contribution in [0.15, 0.2) is 30.3 Å². The molecule has 0 fully saturated rings. The van der Waals surface area contributed by atoms with E-state index in [9.17, 15) is 4.79 Å². The van der Waals surface area contributed by atoms with Gasteiger partial charge in [-0.05, 0) is 47.9 Å². The Hall–Kier alpha value is -1.76. The maximum atomic E-state index is 11.5. The first-order valence-electron chi connectivity index (χ1n) is 7.81. The van der Waals surface area contributed by atoms with Gasteiger partial charge in [-0.2, -0.15) is 0 Å². The van der Waals surface area contributed by atoms with Gasteiger partial charge in [-0.15, -0.1) is 0 Å². The van der Waals surface area contributed by atoms with Crippen molar-refractivity contribution in [3.05, 3.63) is 50.6 Å². The molecule has 0 N–H and O–H groups in total. The van der Waals surface area contributed by atoms with Gasteiger partial charge >= 0.3 is 5.97 Å². The number of ether oxygens (including phenoxy) is 3. The fourth-order valence-electron chi connectivity index (χ4n) is 3.10. The van der Waals surface area contributed by atoms with Crippen LogP contribution in [0.4, 0.5) is 0 Å². The molecule has 126 valence electrons. The molecule has 4 nitrogen and oxygen atoms in total. The number of hydrogen-bond acceptors (Lipinski definition) is 4. The molecule has 0 amide bonds. The van der Waals surface area contributed by atoms with E-state index in [4.69, 9.17) is 14.2 Å². The number of carbonyl (C=O) groups excluding carboxylic acids is 1. The van der Waals surface area contributed by atoms with Crippen molar-refractivity contribution >= 4 is 28.6 Å². The first kappa shape index (κ1) is 17.1. The highest BCUT2D eigenvalue weighted by Crippen LogP contribution is 2.48. The molecule has 0 bridgehead atoms. The van der Waals surface area contributed by atoms with E-state index in [0.29, 0.717) is 5.75 Å². The summed E-state index contributed by atoms with van der Waals surface area (Å²) in [6, 6.07) is 10.2. The minimum absolute atomic E-state index is 0.00944. The standard InChI is InChI=1S/C19H19IO4/c1-11-17(22-3)14-9-10-15(13-7-5-4-6-8-13)24-19(14)16(20)18(11)23-12(2)21/h4-8,15H,9-10H2,1-3H3/t15-/m0/s1. The summed E-state index contributed by atoms with van der Waals surface area (Å²) < 4.78 is 18.1. The Balaban J connectivity index is 2.07. The van der Waals surface area contributed by atoms with Crippen molar-refractivity contribution < 1.29 is 19.0 Å². The van der Waals surface area contributed by atoms with Gasteiger partial charge < -0.3 is 14.2 Å². The maximum absolute atomic E-state index is 11.5. The number of esters is 1. The van der Waals surface area contributed by atoms with Crippen LogP contribution >= 0.6 is 22.6 Å². The van der Waals surface area contributed by atoms with E-state index in [1.165, 1.54) is 6.92 Å². The topological polar surface area (TPSA) is 44.8 Å². The Kier molecular flexibility index (Phi) is 4.99. The minimum Gasteiger partial charge on any atom is -0.496 e. The van der Waals surface area contributed by atoms with Crippen LogP contribution in [-0.2, 0) is 11.2 Å². The Morgan fingerprint density at radius 1 is 1.25 bits per heavy atom. The Labute approximate surface area is 155 Å². The molecule has 0 spiro atoms. The van der Waals surface area contributed by atoms with Gasteiger partial charge in [-0.25, -0.2) is 0 Å². The van der Waals surface area contributed by atoms with Crippen molar-refractivity contribution in [3.63, 3.8) is 0 Å². The lowest BCUT2D eigenvalue weighted by atomic mass is 9.95. The van der Waals surface area contributed by atoms with Gasteiger partial charge in [0.15, 0.2) is 5.75 Å². The van der Waals surface area contributed by atoms with Gasteiger partial charge in [-0.3, -0.25) is 4.79 Å². The quantitative estimate of drug-likeness (QED) is 0.399. The van der Waals surface area contributed by atoms with Crippen LogP contribution < -0.4 is 14.2 Å². The molecule has 0 saturated heterocycles. The zero-order chi connectivity index (χ0) is 17.3.